The minimum Gasteiger partial charge on any atom is -0.396 e. The van der Waals surface area contributed by atoms with Gasteiger partial charge in [0.15, 0.2) is 0 Å². The van der Waals surface area contributed by atoms with Crippen molar-refractivity contribution in [3.8, 4) is 0 Å². The Bertz CT molecular complexity index is 379. The third kappa shape index (κ3) is 3.30. The SMILES string of the molecule is Cc1nc(N)c(C)c(N(CCCO)C(C)C)n1. The molecule has 0 amide bonds. The predicted octanol–water partition coefficient (Wildman–Crippen LogP) is 1.27. The van der Waals surface area contributed by atoms with Crippen LogP contribution in [0.2, 0.25) is 0 Å². The van der Waals surface area contributed by atoms with Gasteiger partial charge in [-0.05, 0) is 34.1 Å². The number of nitrogens with two attached hydrogens (primary N) is 1. The van der Waals surface area contributed by atoms with E-state index in [1.54, 1.807) is 0 Å². The Hall–Kier alpha value is -1.36. The van der Waals surface area contributed by atoms with Gasteiger partial charge >= 0.3 is 0 Å². The molecule has 0 atom stereocenters. The summed E-state index contributed by atoms with van der Waals surface area (Å²) in [5.41, 5.74) is 6.77. The fraction of sp³-hybridized carbons (Fsp3) is 0.667. The summed E-state index contributed by atoms with van der Waals surface area (Å²) in [6.07, 6.45) is 0.723. The second-order valence-corrected chi connectivity index (χ2v) is 4.47. The van der Waals surface area contributed by atoms with Crippen LogP contribution in [0, 0.1) is 13.8 Å². The van der Waals surface area contributed by atoms with Gasteiger partial charge in [-0.1, -0.05) is 0 Å². The molecule has 1 aromatic rings. The highest BCUT2D eigenvalue weighted by Crippen LogP contribution is 2.23. The standard InChI is InChI=1S/C12H22N4O/c1-8(2)16(6-5-7-17)12-9(3)11(13)14-10(4)15-12/h8,17H,5-7H2,1-4H3,(H2,13,14,15). The zero-order valence-electron chi connectivity index (χ0n) is 11.1. The first kappa shape index (κ1) is 13.7. The van der Waals surface area contributed by atoms with Crippen molar-refractivity contribution < 1.29 is 5.11 Å². The maximum absolute atomic E-state index is 8.94. The van der Waals surface area contributed by atoms with Crippen LogP contribution < -0.4 is 10.6 Å². The highest BCUT2D eigenvalue weighted by molar-refractivity contribution is 5.56. The van der Waals surface area contributed by atoms with Gasteiger partial charge in [0.05, 0.1) is 0 Å². The molecule has 3 N–H and O–H groups in total. The molecule has 96 valence electrons. The molecule has 1 rings (SSSR count). The topological polar surface area (TPSA) is 75.3 Å². The van der Waals surface area contributed by atoms with Crippen LogP contribution in [0.15, 0.2) is 0 Å². The minimum absolute atomic E-state index is 0.182. The predicted molar refractivity (Wildman–Crippen MR) is 70.1 cm³/mol. The van der Waals surface area contributed by atoms with Gasteiger partial charge < -0.3 is 15.7 Å². The van der Waals surface area contributed by atoms with Gasteiger partial charge in [-0.3, -0.25) is 0 Å². The molecule has 5 heteroatoms. The molecule has 0 aliphatic heterocycles. The average molecular weight is 238 g/mol. The number of nitrogens with zero attached hydrogens (tertiary/aromatic N) is 3. The number of hydrogen-bond acceptors (Lipinski definition) is 5. The van der Waals surface area contributed by atoms with Crippen LogP contribution in [0.3, 0.4) is 0 Å². The van der Waals surface area contributed by atoms with E-state index in [1.807, 2.05) is 13.8 Å². The van der Waals surface area contributed by atoms with E-state index in [0.29, 0.717) is 17.7 Å². The van der Waals surface area contributed by atoms with Gasteiger partial charge in [-0.15, -0.1) is 0 Å². The summed E-state index contributed by atoms with van der Waals surface area (Å²) in [5, 5.41) is 8.94. The maximum atomic E-state index is 8.94. The lowest BCUT2D eigenvalue weighted by molar-refractivity contribution is 0.288. The number of nitrogen functional groups attached to an aromatic ring is 1. The highest BCUT2D eigenvalue weighted by atomic mass is 16.3. The Morgan fingerprint density at radius 3 is 2.47 bits per heavy atom. The first-order valence-corrected chi connectivity index (χ1v) is 5.95. The summed E-state index contributed by atoms with van der Waals surface area (Å²) in [6.45, 7) is 8.92. The van der Waals surface area contributed by atoms with Crippen molar-refractivity contribution in [3.05, 3.63) is 11.4 Å². The summed E-state index contributed by atoms with van der Waals surface area (Å²) in [7, 11) is 0. The van der Waals surface area contributed by atoms with Gasteiger partial charge in [0, 0.05) is 24.8 Å². The van der Waals surface area contributed by atoms with Crippen molar-refractivity contribution in [1.82, 2.24) is 9.97 Å². The van der Waals surface area contributed by atoms with Gasteiger partial charge in [-0.2, -0.15) is 0 Å². The zero-order valence-corrected chi connectivity index (χ0v) is 11.1. The van der Waals surface area contributed by atoms with Crippen LogP contribution in [-0.2, 0) is 0 Å². The van der Waals surface area contributed by atoms with Crippen LogP contribution in [0.4, 0.5) is 11.6 Å². The molecule has 0 saturated heterocycles. The molecule has 0 spiro atoms. The lowest BCUT2D eigenvalue weighted by Gasteiger charge is -2.29. The lowest BCUT2D eigenvalue weighted by Crippen LogP contribution is -2.34. The molecule has 0 unspecified atom stereocenters. The second-order valence-electron chi connectivity index (χ2n) is 4.47. The third-order valence-corrected chi connectivity index (χ3v) is 2.72. The molecule has 0 aliphatic rings. The summed E-state index contributed by atoms with van der Waals surface area (Å²) >= 11 is 0. The van der Waals surface area contributed by atoms with Crippen LogP contribution in [0.5, 0.6) is 0 Å². The van der Waals surface area contributed by atoms with E-state index < -0.39 is 0 Å². The van der Waals surface area contributed by atoms with Crippen LogP contribution >= 0.6 is 0 Å². The van der Waals surface area contributed by atoms with Gasteiger partial charge in [0.1, 0.15) is 17.5 Å². The molecule has 5 nitrogen and oxygen atoms in total. The van der Waals surface area contributed by atoms with E-state index >= 15 is 0 Å². The second kappa shape index (κ2) is 5.82. The normalized spacial score (nSPS) is 10.9. The fourth-order valence-corrected chi connectivity index (χ4v) is 1.76. The minimum atomic E-state index is 0.182. The van der Waals surface area contributed by atoms with Crippen molar-refractivity contribution in [2.24, 2.45) is 0 Å². The first-order chi connectivity index (χ1) is 7.97. The molecular formula is C12H22N4O. The number of hydrogen-bond donors (Lipinski definition) is 2. The number of aliphatic hydroxyl groups excluding tert-OH is 1. The third-order valence-electron chi connectivity index (χ3n) is 2.72. The summed E-state index contributed by atoms with van der Waals surface area (Å²) in [6, 6.07) is 0.314. The molecule has 0 bridgehead atoms. The average Bonchev–Trinajstić information content (AvgIpc) is 2.24. The van der Waals surface area contributed by atoms with E-state index in [9.17, 15) is 0 Å². The number of aryl methyl sites for hydroxylation is 1. The lowest BCUT2D eigenvalue weighted by atomic mass is 10.2. The summed E-state index contributed by atoms with van der Waals surface area (Å²) in [5.74, 6) is 2.08. The van der Waals surface area contributed by atoms with Crippen LogP contribution in [0.1, 0.15) is 31.7 Å². The van der Waals surface area contributed by atoms with Gasteiger partial charge in [-0.25, -0.2) is 9.97 Å². The van der Waals surface area contributed by atoms with Gasteiger partial charge in [0.25, 0.3) is 0 Å². The number of anilines is 2. The Kier molecular flexibility index (Phi) is 4.69. The maximum Gasteiger partial charge on any atom is 0.137 e. The molecule has 0 aliphatic carbocycles. The monoisotopic (exact) mass is 238 g/mol. The van der Waals surface area contributed by atoms with Crippen molar-refractivity contribution in [2.45, 2.75) is 40.2 Å². The van der Waals surface area contributed by atoms with Gasteiger partial charge in [0.2, 0.25) is 0 Å². The van der Waals surface area contributed by atoms with E-state index in [-0.39, 0.29) is 6.61 Å². The van der Waals surface area contributed by atoms with Crippen LogP contribution in [-0.4, -0.2) is 34.3 Å². The molecule has 0 saturated carbocycles. The zero-order chi connectivity index (χ0) is 13.0. The molecule has 17 heavy (non-hydrogen) atoms. The van der Waals surface area contributed by atoms with Crippen molar-refractivity contribution in [1.29, 1.82) is 0 Å². The fourth-order valence-electron chi connectivity index (χ4n) is 1.76. The van der Waals surface area contributed by atoms with E-state index in [2.05, 4.69) is 28.7 Å². The molecule has 0 radical (unpaired) electrons. The van der Waals surface area contributed by atoms with Crippen molar-refractivity contribution in [3.63, 3.8) is 0 Å². The Morgan fingerprint density at radius 2 is 1.94 bits per heavy atom. The van der Waals surface area contributed by atoms with Crippen molar-refractivity contribution in [2.75, 3.05) is 23.8 Å². The van der Waals surface area contributed by atoms with Crippen molar-refractivity contribution >= 4 is 11.6 Å². The number of aromatic nitrogens is 2. The number of rotatable bonds is 5. The van der Waals surface area contributed by atoms with E-state index in [4.69, 9.17) is 10.8 Å². The summed E-state index contributed by atoms with van der Waals surface area (Å²) < 4.78 is 0. The smallest absolute Gasteiger partial charge is 0.137 e. The largest absolute Gasteiger partial charge is 0.396 e. The van der Waals surface area contributed by atoms with Crippen LogP contribution in [0.25, 0.3) is 0 Å². The Labute approximate surface area is 103 Å². The molecule has 0 aromatic carbocycles. The molecular weight excluding hydrogens is 216 g/mol. The molecule has 1 heterocycles. The Morgan fingerprint density at radius 1 is 1.29 bits per heavy atom. The van der Waals surface area contributed by atoms with E-state index in [0.717, 1.165) is 24.3 Å². The van der Waals surface area contributed by atoms with E-state index in [1.165, 1.54) is 0 Å². The quantitative estimate of drug-likeness (QED) is 0.808. The molecule has 0 fully saturated rings. The molecule has 1 aromatic heterocycles. The Balaban J connectivity index is 3.09. The highest BCUT2D eigenvalue weighted by Gasteiger charge is 2.16. The first-order valence-electron chi connectivity index (χ1n) is 5.95. The summed E-state index contributed by atoms with van der Waals surface area (Å²) in [4.78, 5) is 10.8. The number of aliphatic hydroxyl groups is 1.